The zero-order valence-electron chi connectivity index (χ0n) is 9.10. The Balaban J connectivity index is 1.64. The first-order valence-corrected chi connectivity index (χ1v) is 6.09. The first kappa shape index (κ1) is 9.34. The van der Waals surface area contributed by atoms with Crippen LogP contribution in [0.5, 0.6) is 0 Å². The molecule has 3 rings (SSSR count). The van der Waals surface area contributed by atoms with Crippen molar-refractivity contribution in [2.24, 2.45) is 0 Å². The van der Waals surface area contributed by atoms with Crippen LogP contribution >= 0.6 is 0 Å². The molecule has 1 aliphatic heterocycles. The van der Waals surface area contributed by atoms with E-state index in [2.05, 4.69) is 22.0 Å². The van der Waals surface area contributed by atoms with Gasteiger partial charge in [0.2, 0.25) is 0 Å². The summed E-state index contributed by atoms with van der Waals surface area (Å²) in [4.78, 5) is 6.89. The van der Waals surface area contributed by atoms with Crippen LogP contribution in [0.4, 0.5) is 0 Å². The minimum atomic E-state index is 0.775. The third-order valence-electron chi connectivity index (χ3n) is 3.73. The molecule has 1 saturated carbocycles. The molecule has 2 heteroatoms. The van der Waals surface area contributed by atoms with Gasteiger partial charge < -0.3 is 0 Å². The highest BCUT2D eigenvalue weighted by atomic mass is 15.2. The second kappa shape index (κ2) is 3.93. The fraction of sp³-hybridized carbons (Fsp3) is 0.615. The zero-order valence-corrected chi connectivity index (χ0v) is 9.10. The van der Waals surface area contributed by atoms with E-state index in [0.717, 1.165) is 12.0 Å². The van der Waals surface area contributed by atoms with Crippen molar-refractivity contribution in [1.29, 1.82) is 0 Å². The molecule has 0 N–H and O–H groups in total. The molecule has 80 valence electrons. The molecule has 2 fully saturated rings. The highest BCUT2D eigenvalue weighted by Gasteiger charge is 2.42. The van der Waals surface area contributed by atoms with Crippen molar-refractivity contribution in [2.45, 2.75) is 37.6 Å². The summed E-state index contributed by atoms with van der Waals surface area (Å²) >= 11 is 0. The molecule has 0 radical (unpaired) electrons. The van der Waals surface area contributed by atoms with E-state index in [1.807, 2.05) is 12.4 Å². The minimum absolute atomic E-state index is 0.775. The van der Waals surface area contributed by atoms with E-state index in [-0.39, 0.29) is 0 Å². The van der Waals surface area contributed by atoms with Gasteiger partial charge in [0.25, 0.3) is 0 Å². The normalized spacial score (nSPS) is 31.5. The topological polar surface area (TPSA) is 16.1 Å². The Morgan fingerprint density at radius 3 is 2.80 bits per heavy atom. The van der Waals surface area contributed by atoms with Crippen molar-refractivity contribution in [3.63, 3.8) is 0 Å². The van der Waals surface area contributed by atoms with Crippen molar-refractivity contribution in [3.05, 3.63) is 30.1 Å². The van der Waals surface area contributed by atoms with Crippen LogP contribution < -0.4 is 0 Å². The molecule has 2 nitrogen and oxygen atoms in total. The lowest BCUT2D eigenvalue weighted by Crippen LogP contribution is -2.32. The molecule has 0 unspecified atom stereocenters. The molecule has 2 atom stereocenters. The lowest BCUT2D eigenvalue weighted by atomic mass is 10.1. The molecular formula is C13H18N2. The maximum atomic E-state index is 4.21. The summed E-state index contributed by atoms with van der Waals surface area (Å²) < 4.78 is 0. The third kappa shape index (κ3) is 1.91. The summed E-state index contributed by atoms with van der Waals surface area (Å²) in [6.45, 7) is 2.64. The van der Waals surface area contributed by atoms with Crippen LogP contribution in [0.2, 0.25) is 0 Å². The summed E-state index contributed by atoms with van der Waals surface area (Å²) in [6.07, 6.45) is 9.48. The standard InChI is InChI=1S/C13H18N2/c1-2-7-15(8-3-1)13-9-12(13)11-5-4-6-14-10-11/h4-6,10,12-13H,1-3,7-9H2/t12-,13+/m0/s1. The van der Waals surface area contributed by atoms with E-state index < -0.39 is 0 Å². The van der Waals surface area contributed by atoms with Crippen LogP contribution in [0, 0.1) is 0 Å². The molecular weight excluding hydrogens is 184 g/mol. The van der Waals surface area contributed by atoms with Gasteiger partial charge in [-0.15, -0.1) is 0 Å². The smallest absolute Gasteiger partial charge is 0.0303 e. The van der Waals surface area contributed by atoms with Crippen molar-refractivity contribution in [2.75, 3.05) is 13.1 Å². The van der Waals surface area contributed by atoms with E-state index in [9.17, 15) is 0 Å². The molecule has 1 saturated heterocycles. The fourth-order valence-corrected chi connectivity index (χ4v) is 2.79. The van der Waals surface area contributed by atoms with Crippen LogP contribution in [-0.4, -0.2) is 29.0 Å². The van der Waals surface area contributed by atoms with Gasteiger partial charge in [-0.3, -0.25) is 9.88 Å². The van der Waals surface area contributed by atoms with Gasteiger partial charge in [-0.05, 0) is 44.0 Å². The lowest BCUT2D eigenvalue weighted by Gasteiger charge is -2.26. The minimum Gasteiger partial charge on any atom is -0.300 e. The molecule has 0 amide bonds. The number of likely N-dealkylation sites (tertiary alicyclic amines) is 1. The number of hydrogen-bond acceptors (Lipinski definition) is 2. The molecule has 0 bridgehead atoms. The van der Waals surface area contributed by atoms with E-state index in [4.69, 9.17) is 0 Å². The highest BCUT2D eigenvalue weighted by molar-refractivity contribution is 5.25. The Morgan fingerprint density at radius 2 is 2.07 bits per heavy atom. The number of rotatable bonds is 2. The Labute approximate surface area is 91.3 Å². The summed E-state index contributed by atoms with van der Waals surface area (Å²) in [7, 11) is 0. The van der Waals surface area contributed by atoms with Crippen molar-refractivity contribution >= 4 is 0 Å². The summed E-state index contributed by atoms with van der Waals surface area (Å²) in [5.74, 6) is 0.775. The van der Waals surface area contributed by atoms with Gasteiger partial charge in [0.15, 0.2) is 0 Å². The predicted octanol–water partition coefficient (Wildman–Crippen LogP) is 2.42. The Hall–Kier alpha value is -0.890. The molecule has 0 spiro atoms. The largest absolute Gasteiger partial charge is 0.300 e. The molecule has 15 heavy (non-hydrogen) atoms. The Kier molecular flexibility index (Phi) is 2.45. The van der Waals surface area contributed by atoms with Crippen LogP contribution in [0.3, 0.4) is 0 Å². The monoisotopic (exact) mass is 202 g/mol. The Bertz CT molecular complexity index is 317. The molecule has 2 aliphatic rings. The first-order chi connectivity index (χ1) is 7.45. The second-order valence-electron chi connectivity index (χ2n) is 4.79. The van der Waals surface area contributed by atoms with Gasteiger partial charge in [0, 0.05) is 24.4 Å². The first-order valence-electron chi connectivity index (χ1n) is 6.09. The average Bonchev–Trinajstić information content (AvgIpc) is 3.11. The number of hydrogen-bond donors (Lipinski definition) is 0. The third-order valence-corrected chi connectivity index (χ3v) is 3.73. The lowest BCUT2D eigenvalue weighted by molar-refractivity contribution is 0.216. The van der Waals surface area contributed by atoms with E-state index in [0.29, 0.717) is 0 Å². The number of pyridine rings is 1. The number of aromatic nitrogens is 1. The van der Waals surface area contributed by atoms with Gasteiger partial charge in [-0.25, -0.2) is 0 Å². The summed E-state index contributed by atoms with van der Waals surface area (Å²) in [5.41, 5.74) is 1.44. The van der Waals surface area contributed by atoms with Crippen molar-refractivity contribution in [3.8, 4) is 0 Å². The number of nitrogens with zero attached hydrogens (tertiary/aromatic N) is 2. The maximum Gasteiger partial charge on any atom is 0.0303 e. The maximum absolute atomic E-state index is 4.21. The number of piperidine rings is 1. The zero-order chi connectivity index (χ0) is 10.1. The molecule has 1 aliphatic carbocycles. The van der Waals surface area contributed by atoms with Crippen molar-refractivity contribution in [1.82, 2.24) is 9.88 Å². The summed E-state index contributed by atoms with van der Waals surface area (Å²) in [6, 6.07) is 5.11. The van der Waals surface area contributed by atoms with Crippen molar-refractivity contribution < 1.29 is 0 Å². The summed E-state index contributed by atoms with van der Waals surface area (Å²) in [5, 5.41) is 0. The Morgan fingerprint density at radius 1 is 1.20 bits per heavy atom. The second-order valence-corrected chi connectivity index (χ2v) is 4.79. The van der Waals surface area contributed by atoms with Crippen LogP contribution in [0.25, 0.3) is 0 Å². The van der Waals surface area contributed by atoms with Gasteiger partial charge in [0.05, 0.1) is 0 Å². The van der Waals surface area contributed by atoms with Crippen LogP contribution in [0.1, 0.15) is 37.2 Å². The quantitative estimate of drug-likeness (QED) is 0.732. The molecule has 2 heterocycles. The highest BCUT2D eigenvalue weighted by Crippen LogP contribution is 2.45. The van der Waals surface area contributed by atoms with E-state index in [1.54, 1.807) is 0 Å². The molecule has 1 aromatic heterocycles. The fourth-order valence-electron chi connectivity index (χ4n) is 2.79. The van der Waals surface area contributed by atoms with Gasteiger partial charge >= 0.3 is 0 Å². The van der Waals surface area contributed by atoms with Gasteiger partial charge in [-0.2, -0.15) is 0 Å². The van der Waals surface area contributed by atoms with E-state index >= 15 is 0 Å². The van der Waals surface area contributed by atoms with Gasteiger partial charge in [0.1, 0.15) is 0 Å². The van der Waals surface area contributed by atoms with Crippen LogP contribution in [0.15, 0.2) is 24.5 Å². The molecule has 0 aromatic carbocycles. The average molecular weight is 202 g/mol. The van der Waals surface area contributed by atoms with Gasteiger partial charge in [-0.1, -0.05) is 12.5 Å². The van der Waals surface area contributed by atoms with E-state index in [1.165, 1.54) is 44.3 Å². The SMILES string of the molecule is c1cncc([C@@H]2C[C@H]2N2CCCCC2)c1. The predicted molar refractivity (Wildman–Crippen MR) is 60.8 cm³/mol. The van der Waals surface area contributed by atoms with Crippen LogP contribution in [-0.2, 0) is 0 Å². The molecule has 1 aromatic rings.